The highest BCUT2D eigenvalue weighted by atomic mass is 16.5. The Kier molecular flexibility index (Phi) is 7.56. The first-order valence-corrected chi connectivity index (χ1v) is 8.91. The van der Waals surface area contributed by atoms with Crippen molar-refractivity contribution in [3.05, 3.63) is 65.7 Å². The minimum atomic E-state index is -1.04. The van der Waals surface area contributed by atoms with Crippen molar-refractivity contribution in [3.63, 3.8) is 0 Å². The number of nitrogens with one attached hydrogen (secondary N) is 2. The summed E-state index contributed by atoms with van der Waals surface area (Å²) < 4.78 is 5.09. The van der Waals surface area contributed by atoms with Crippen molar-refractivity contribution in [3.8, 4) is 5.75 Å². The van der Waals surface area contributed by atoms with Crippen LogP contribution in [-0.4, -0.2) is 29.5 Å². The smallest absolute Gasteiger partial charge is 0.341 e. The summed E-state index contributed by atoms with van der Waals surface area (Å²) in [5, 5.41) is 14.3. The maximum atomic E-state index is 12.5. The Bertz CT molecular complexity index is 805. The number of hydrogen-bond donors (Lipinski definition) is 3. The number of ether oxygens (including phenoxy) is 1. The van der Waals surface area contributed by atoms with Gasteiger partial charge in [-0.2, -0.15) is 0 Å². The van der Waals surface area contributed by atoms with E-state index in [2.05, 4.69) is 10.6 Å². The van der Waals surface area contributed by atoms with Crippen LogP contribution in [-0.2, 0) is 14.4 Å². The van der Waals surface area contributed by atoms with Crippen LogP contribution in [0.15, 0.2) is 54.6 Å². The van der Waals surface area contributed by atoms with Crippen LogP contribution in [0.25, 0.3) is 0 Å². The van der Waals surface area contributed by atoms with Crippen molar-refractivity contribution in [1.29, 1.82) is 0 Å². The van der Waals surface area contributed by atoms with E-state index in [0.717, 1.165) is 11.1 Å². The molecule has 0 spiro atoms. The fourth-order valence-electron chi connectivity index (χ4n) is 2.75. The Hall–Kier alpha value is -3.35. The molecule has 0 aliphatic heterocycles. The number of carbonyl (C=O) groups is 3. The number of amides is 2. The molecule has 148 valence electrons. The van der Waals surface area contributed by atoms with E-state index in [9.17, 15) is 14.4 Å². The molecule has 7 heteroatoms. The maximum absolute atomic E-state index is 12.5. The molecule has 2 amide bonds. The SMILES string of the molecule is CC(=O)NC(CC(=O)NC(C)c1ccc(OCC(=O)O)cc1)c1ccccc1. The molecule has 2 aromatic rings. The predicted octanol–water partition coefficient (Wildman–Crippen LogP) is 2.59. The molecule has 3 N–H and O–H groups in total. The van der Waals surface area contributed by atoms with Gasteiger partial charge in [-0.1, -0.05) is 42.5 Å². The lowest BCUT2D eigenvalue weighted by Crippen LogP contribution is -2.33. The second-order valence-electron chi connectivity index (χ2n) is 6.41. The van der Waals surface area contributed by atoms with Crippen LogP contribution in [0.4, 0.5) is 0 Å². The van der Waals surface area contributed by atoms with Gasteiger partial charge in [0.05, 0.1) is 18.5 Å². The molecule has 2 rings (SSSR count). The molecular weight excluding hydrogens is 360 g/mol. The van der Waals surface area contributed by atoms with Gasteiger partial charge in [-0.25, -0.2) is 4.79 Å². The molecule has 0 radical (unpaired) electrons. The van der Waals surface area contributed by atoms with Gasteiger partial charge >= 0.3 is 5.97 Å². The molecule has 0 aliphatic rings. The highest BCUT2D eigenvalue weighted by molar-refractivity contribution is 5.79. The lowest BCUT2D eigenvalue weighted by atomic mass is 10.0. The van der Waals surface area contributed by atoms with Gasteiger partial charge < -0.3 is 20.5 Å². The average molecular weight is 384 g/mol. The van der Waals surface area contributed by atoms with E-state index < -0.39 is 18.6 Å². The summed E-state index contributed by atoms with van der Waals surface area (Å²) in [5.74, 6) is -0.996. The monoisotopic (exact) mass is 384 g/mol. The summed E-state index contributed by atoms with van der Waals surface area (Å²) in [6, 6.07) is 15.5. The first kappa shape index (κ1) is 21.0. The second-order valence-corrected chi connectivity index (χ2v) is 6.41. The van der Waals surface area contributed by atoms with Crippen molar-refractivity contribution in [2.45, 2.75) is 32.4 Å². The van der Waals surface area contributed by atoms with Crippen LogP contribution in [0.1, 0.15) is 43.5 Å². The molecular formula is C21H24N2O5. The number of rotatable bonds is 9. The molecule has 0 saturated heterocycles. The molecule has 2 unspecified atom stereocenters. The molecule has 0 bridgehead atoms. The Labute approximate surface area is 163 Å². The Morgan fingerprint density at radius 3 is 2.18 bits per heavy atom. The summed E-state index contributed by atoms with van der Waals surface area (Å²) in [4.78, 5) is 34.5. The Balaban J connectivity index is 1.96. The number of hydrogen-bond acceptors (Lipinski definition) is 4. The topological polar surface area (TPSA) is 105 Å². The predicted molar refractivity (Wildman–Crippen MR) is 104 cm³/mol. The van der Waals surface area contributed by atoms with Crippen LogP contribution < -0.4 is 15.4 Å². The third-order valence-electron chi connectivity index (χ3n) is 4.09. The lowest BCUT2D eigenvalue weighted by Gasteiger charge is -2.20. The van der Waals surface area contributed by atoms with Gasteiger partial charge in [-0.05, 0) is 30.2 Å². The molecule has 0 fully saturated rings. The second kappa shape index (κ2) is 10.1. The van der Waals surface area contributed by atoms with Crippen molar-refractivity contribution in [2.24, 2.45) is 0 Å². The number of carboxylic acids is 1. The summed E-state index contributed by atoms with van der Waals surface area (Å²) >= 11 is 0. The molecule has 0 aliphatic carbocycles. The fourth-order valence-corrected chi connectivity index (χ4v) is 2.75. The van der Waals surface area contributed by atoms with Gasteiger partial charge in [0, 0.05) is 6.92 Å². The molecule has 0 saturated carbocycles. The number of carbonyl (C=O) groups excluding carboxylic acids is 2. The molecule has 2 aromatic carbocycles. The highest BCUT2D eigenvalue weighted by Crippen LogP contribution is 2.20. The first-order valence-electron chi connectivity index (χ1n) is 8.91. The van der Waals surface area contributed by atoms with Gasteiger partial charge in [0.1, 0.15) is 5.75 Å². The molecule has 28 heavy (non-hydrogen) atoms. The minimum Gasteiger partial charge on any atom is -0.482 e. The summed E-state index contributed by atoms with van der Waals surface area (Å²) in [5.41, 5.74) is 1.72. The molecule has 0 heterocycles. The van der Waals surface area contributed by atoms with Gasteiger partial charge in [-0.15, -0.1) is 0 Å². The third kappa shape index (κ3) is 6.75. The standard InChI is InChI=1S/C21H24N2O5/c1-14(16-8-10-18(11-9-16)28-13-21(26)27)22-20(25)12-19(23-15(2)24)17-6-4-3-5-7-17/h3-11,14,19H,12-13H2,1-2H3,(H,22,25)(H,23,24)(H,26,27). The highest BCUT2D eigenvalue weighted by Gasteiger charge is 2.18. The van der Waals surface area contributed by atoms with Gasteiger partial charge in [0.25, 0.3) is 0 Å². The van der Waals surface area contributed by atoms with E-state index in [1.807, 2.05) is 37.3 Å². The van der Waals surface area contributed by atoms with Gasteiger partial charge in [0.15, 0.2) is 6.61 Å². The van der Waals surface area contributed by atoms with E-state index in [-0.39, 0.29) is 24.3 Å². The largest absolute Gasteiger partial charge is 0.482 e. The van der Waals surface area contributed by atoms with Crippen LogP contribution >= 0.6 is 0 Å². The Morgan fingerprint density at radius 1 is 0.964 bits per heavy atom. The van der Waals surface area contributed by atoms with Crippen LogP contribution in [0.5, 0.6) is 5.75 Å². The van der Waals surface area contributed by atoms with Gasteiger partial charge in [0.2, 0.25) is 11.8 Å². The average Bonchev–Trinajstić information content (AvgIpc) is 2.66. The van der Waals surface area contributed by atoms with Crippen LogP contribution in [0, 0.1) is 0 Å². The number of aliphatic carboxylic acids is 1. The number of carboxylic acid groups (broad SMARTS) is 1. The van der Waals surface area contributed by atoms with E-state index >= 15 is 0 Å². The van der Waals surface area contributed by atoms with Crippen LogP contribution in [0.2, 0.25) is 0 Å². The zero-order valence-electron chi connectivity index (χ0n) is 15.8. The van der Waals surface area contributed by atoms with Crippen molar-refractivity contribution in [2.75, 3.05) is 6.61 Å². The lowest BCUT2D eigenvalue weighted by molar-refractivity contribution is -0.139. The van der Waals surface area contributed by atoms with E-state index in [1.54, 1.807) is 24.3 Å². The van der Waals surface area contributed by atoms with Crippen LogP contribution in [0.3, 0.4) is 0 Å². The first-order chi connectivity index (χ1) is 13.3. The van der Waals surface area contributed by atoms with Crippen molar-refractivity contribution >= 4 is 17.8 Å². The third-order valence-corrected chi connectivity index (χ3v) is 4.09. The van der Waals surface area contributed by atoms with E-state index in [1.165, 1.54) is 6.92 Å². The Morgan fingerprint density at radius 2 is 1.61 bits per heavy atom. The normalized spacial score (nSPS) is 12.5. The quantitative estimate of drug-likeness (QED) is 0.616. The molecule has 2 atom stereocenters. The molecule has 7 nitrogen and oxygen atoms in total. The van der Waals surface area contributed by atoms with E-state index in [4.69, 9.17) is 9.84 Å². The fraction of sp³-hybridized carbons (Fsp3) is 0.286. The van der Waals surface area contributed by atoms with Gasteiger partial charge in [-0.3, -0.25) is 9.59 Å². The number of benzene rings is 2. The molecule has 0 aromatic heterocycles. The summed E-state index contributed by atoms with van der Waals surface area (Å²) in [6.07, 6.45) is 0.119. The zero-order chi connectivity index (χ0) is 20.5. The van der Waals surface area contributed by atoms with Crippen molar-refractivity contribution < 1.29 is 24.2 Å². The minimum absolute atomic E-state index is 0.119. The van der Waals surface area contributed by atoms with E-state index in [0.29, 0.717) is 5.75 Å². The maximum Gasteiger partial charge on any atom is 0.341 e. The zero-order valence-corrected chi connectivity index (χ0v) is 15.8. The summed E-state index contributed by atoms with van der Waals surface area (Å²) in [6.45, 7) is 2.86. The van der Waals surface area contributed by atoms with Crippen molar-refractivity contribution in [1.82, 2.24) is 10.6 Å². The summed E-state index contributed by atoms with van der Waals surface area (Å²) in [7, 11) is 0.